The molecule has 2 heterocycles. The minimum atomic E-state index is -2.70. The van der Waals surface area contributed by atoms with Crippen LogP contribution in [0, 0.1) is 10.1 Å². The van der Waals surface area contributed by atoms with E-state index in [0.717, 1.165) is 5.56 Å². The van der Waals surface area contributed by atoms with Crippen molar-refractivity contribution >= 4 is 5.70 Å². The van der Waals surface area contributed by atoms with Crippen molar-refractivity contribution in [1.82, 2.24) is 9.88 Å². The molecule has 22 heavy (non-hydrogen) atoms. The van der Waals surface area contributed by atoms with Crippen LogP contribution in [0.3, 0.4) is 0 Å². The molecule has 2 aliphatic rings. The molecule has 0 amide bonds. The lowest BCUT2D eigenvalue weighted by atomic mass is 9.72. The van der Waals surface area contributed by atoms with Gasteiger partial charge in [-0.15, -0.1) is 0 Å². The average molecular weight is 307 g/mol. The summed E-state index contributed by atoms with van der Waals surface area (Å²) < 4.78 is 26.7. The van der Waals surface area contributed by atoms with Gasteiger partial charge in [-0.1, -0.05) is 0 Å². The van der Waals surface area contributed by atoms with E-state index in [9.17, 15) is 18.9 Å². The Kier molecular flexibility index (Phi) is 3.23. The van der Waals surface area contributed by atoms with Crippen LogP contribution in [0.15, 0.2) is 42.4 Å². The van der Waals surface area contributed by atoms with Crippen LogP contribution in [-0.2, 0) is 0 Å². The van der Waals surface area contributed by atoms with Crippen molar-refractivity contribution in [3.8, 4) is 0 Å². The van der Waals surface area contributed by atoms with Gasteiger partial charge in [0.1, 0.15) is 6.54 Å². The summed E-state index contributed by atoms with van der Waals surface area (Å²) >= 11 is 0. The summed E-state index contributed by atoms with van der Waals surface area (Å²) in [4.78, 5) is 16.3. The molecule has 1 fully saturated rings. The molecule has 1 aromatic rings. The number of hydrogen-bond acceptors (Lipinski definition) is 4. The van der Waals surface area contributed by atoms with E-state index in [1.165, 1.54) is 6.08 Å². The number of halogens is 2. The van der Waals surface area contributed by atoms with Gasteiger partial charge in [-0.05, 0) is 25.1 Å². The third-order valence-electron chi connectivity index (χ3n) is 4.17. The SMILES string of the molecule is CC1(N2CC([N+](=O)[O-])=CC=C2c2cccnc2)CC(F)(F)C1. The van der Waals surface area contributed by atoms with Crippen LogP contribution >= 0.6 is 0 Å². The summed E-state index contributed by atoms with van der Waals surface area (Å²) in [5.74, 6) is -2.70. The minimum Gasteiger partial charge on any atom is -0.354 e. The zero-order valence-electron chi connectivity index (χ0n) is 12.0. The van der Waals surface area contributed by atoms with Crippen molar-refractivity contribution in [2.24, 2.45) is 0 Å². The molecule has 1 saturated carbocycles. The van der Waals surface area contributed by atoms with Gasteiger partial charge in [0.25, 0.3) is 11.6 Å². The van der Waals surface area contributed by atoms with Gasteiger partial charge in [-0.2, -0.15) is 0 Å². The van der Waals surface area contributed by atoms with Crippen molar-refractivity contribution in [2.45, 2.75) is 31.2 Å². The lowest BCUT2D eigenvalue weighted by Gasteiger charge is -2.53. The summed E-state index contributed by atoms with van der Waals surface area (Å²) in [7, 11) is 0. The maximum absolute atomic E-state index is 13.4. The fraction of sp³-hybridized carbons (Fsp3) is 0.400. The first-order valence-corrected chi connectivity index (χ1v) is 6.92. The third-order valence-corrected chi connectivity index (χ3v) is 4.17. The van der Waals surface area contributed by atoms with Crippen molar-refractivity contribution < 1.29 is 13.7 Å². The predicted molar refractivity (Wildman–Crippen MR) is 76.6 cm³/mol. The molecule has 1 aliphatic carbocycles. The number of alkyl halides is 2. The van der Waals surface area contributed by atoms with Crippen molar-refractivity contribution in [3.05, 3.63) is 58.1 Å². The Hall–Kier alpha value is -2.31. The van der Waals surface area contributed by atoms with Gasteiger partial charge in [0.15, 0.2) is 0 Å². The second-order valence-corrected chi connectivity index (χ2v) is 6.00. The van der Waals surface area contributed by atoms with E-state index in [2.05, 4.69) is 4.98 Å². The Bertz CT molecular complexity index is 663. The molecule has 0 unspecified atom stereocenters. The Balaban J connectivity index is 1.98. The highest BCUT2D eigenvalue weighted by Crippen LogP contribution is 2.51. The topological polar surface area (TPSA) is 59.3 Å². The van der Waals surface area contributed by atoms with E-state index >= 15 is 0 Å². The Morgan fingerprint density at radius 3 is 2.64 bits per heavy atom. The van der Waals surface area contributed by atoms with Crippen LogP contribution in [0.1, 0.15) is 25.3 Å². The number of allylic oxidation sites excluding steroid dienone is 2. The largest absolute Gasteiger partial charge is 0.354 e. The average Bonchev–Trinajstić information content (AvgIpc) is 2.45. The maximum atomic E-state index is 13.4. The lowest BCUT2D eigenvalue weighted by molar-refractivity contribution is -0.428. The number of pyridine rings is 1. The fourth-order valence-corrected chi connectivity index (χ4v) is 3.18. The molecule has 0 atom stereocenters. The van der Waals surface area contributed by atoms with Crippen molar-refractivity contribution in [2.75, 3.05) is 6.54 Å². The first kappa shape index (κ1) is 14.6. The summed E-state index contributed by atoms with van der Waals surface area (Å²) in [6.45, 7) is 1.73. The zero-order chi connectivity index (χ0) is 16.0. The molecule has 0 aromatic carbocycles. The second kappa shape index (κ2) is 4.86. The highest BCUT2D eigenvalue weighted by atomic mass is 19.3. The number of hydrogen-bond donors (Lipinski definition) is 0. The molecular weight excluding hydrogens is 292 g/mol. The molecule has 0 bridgehead atoms. The highest BCUT2D eigenvalue weighted by Gasteiger charge is 2.57. The first-order chi connectivity index (χ1) is 10.3. The predicted octanol–water partition coefficient (Wildman–Crippen LogP) is 3.09. The van der Waals surface area contributed by atoms with Gasteiger partial charge in [0, 0.05) is 48.1 Å². The van der Waals surface area contributed by atoms with Gasteiger partial charge in [0.05, 0.1) is 4.92 Å². The number of nitrogens with zero attached hydrogens (tertiary/aromatic N) is 3. The molecule has 1 aromatic heterocycles. The van der Waals surface area contributed by atoms with Crippen molar-refractivity contribution in [1.29, 1.82) is 0 Å². The lowest BCUT2D eigenvalue weighted by Crippen LogP contribution is -2.60. The van der Waals surface area contributed by atoms with Crippen LogP contribution in [-0.4, -0.2) is 32.8 Å². The van der Waals surface area contributed by atoms with E-state index < -0.39 is 16.4 Å². The van der Waals surface area contributed by atoms with Gasteiger partial charge < -0.3 is 4.90 Å². The third kappa shape index (κ3) is 2.47. The summed E-state index contributed by atoms with van der Waals surface area (Å²) in [5, 5.41) is 11.0. The molecule has 3 rings (SSSR count). The van der Waals surface area contributed by atoms with Gasteiger partial charge in [-0.3, -0.25) is 15.1 Å². The zero-order valence-corrected chi connectivity index (χ0v) is 12.0. The first-order valence-electron chi connectivity index (χ1n) is 6.92. The molecule has 0 radical (unpaired) electrons. The standard InChI is InChI=1S/C15H15F2N3O2/c1-14(9-15(16,17)10-14)19-8-12(20(21)22)4-5-13(19)11-3-2-6-18-7-11/h2-7H,8-10H2,1H3. The fourth-order valence-electron chi connectivity index (χ4n) is 3.18. The molecule has 116 valence electrons. The van der Waals surface area contributed by atoms with E-state index in [0.29, 0.717) is 5.70 Å². The molecular formula is C15H15F2N3O2. The summed E-state index contributed by atoms with van der Waals surface area (Å²) in [6, 6.07) is 3.57. The Morgan fingerprint density at radius 1 is 1.36 bits per heavy atom. The Labute approximate surface area is 126 Å². The minimum absolute atomic E-state index is 0.00378. The molecule has 7 heteroatoms. The van der Waals surface area contributed by atoms with Crippen LogP contribution < -0.4 is 0 Å². The Morgan fingerprint density at radius 2 is 2.09 bits per heavy atom. The van der Waals surface area contributed by atoms with Crippen LogP contribution in [0.25, 0.3) is 5.70 Å². The van der Waals surface area contributed by atoms with Crippen LogP contribution in [0.2, 0.25) is 0 Å². The van der Waals surface area contributed by atoms with E-state index in [4.69, 9.17) is 0 Å². The van der Waals surface area contributed by atoms with E-state index in [1.807, 2.05) is 6.07 Å². The molecule has 0 spiro atoms. The molecule has 0 N–H and O–H groups in total. The van der Waals surface area contributed by atoms with E-state index in [-0.39, 0.29) is 25.1 Å². The van der Waals surface area contributed by atoms with Crippen molar-refractivity contribution in [3.63, 3.8) is 0 Å². The van der Waals surface area contributed by atoms with Gasteiger partial charge in [0.2, 0.25) is 0 Å². The highest BCUT2D eigenvalue weighted by molar-refractivity contribution is 5.67. The molecule has 1 aliphatic heterocycles. The monoisotopic (exact) mass is 307 g/mol. The smallest absolute Gasteiger partial charge is 0.265 e. The molecule has 5 nitrogen and oxygen atoms in total. The number of aromatic nitrogens is 1. The second-order valence-electron chi connectivity index (χ2n) is 6.00. The summed E-state index contributed by atoms with van der Waals surface area (Å²) in [5.41, 5.74) is 0.666. The summed E-state index contributed by atoms with van der Waals surface area (Å²) in [6.07, 6.45) is 5.68. The van der Waals surface area contributed by atoms with Crippen LogP contribution in [0.4, 0.5) is 8.78 Å². The maximum Gasteiger partial charge on any atom is 0.265 e. The van der Waals surface area contributed by atoms with E-state index in [1.54, 1.807) is 36.4 Å². The normalized spacial score (nSPS) is 22.4. The number of rotatable bonds is 3. The number of nitro groups is 1. The van der Waals surface area contributed by atoms with Gasteiger partial charge >= 0.3 is 0 Å². The quantitative estimate of drug-likeness (QED) is 0.636. The van der Waals surface area contributed by atoms with Gasteiger partial charge in [-0.25, -0.2) is 8.78 Å². The van der Waals surface area contributed by atoms with Crippen LogP contribution in [0.5, 0.6) is 0 Å². The molecule has 0 saturated heterocycles.